The van der Waals surface area contributed by atoms with Crippen LogP contribution in [0.5, 0.6) is 0 Å². The van der Waals surface area contributed by atoms with Crippen LogP contribution >= 0.6 is 11.6 Å². The Balaban J connectivity index is 2.10. The lowest BCUT2D eigenvalue weighted by Gasteiger charge is -2.12. The Morgan fingerprint density at radius 2 is 2.27 bits per heavy atom. The largest absolute Gasteiger partial charge is 0.463 e. The van der Waals surface area contributed by atoms with E-state index in [0.717, 1.165) is 46.6 Å². The van der Waals surface area contributed by atoms with E-state index in [0.29, 0.717) is 12.4 Å². The summed E-state index contributed by atoms with van der Waals surface area (Å²) in [4.78, 5) is 13.7. The highest BCUT2D eigenvalue weighted by atomic mass is 35.5. The molecule has 0 unspecified atom stereocenters. The molecule has 22 heavy (non-hydrogen) atoms. The number of hydrogen-bond donors (Lipinski definition) is 0. The normalized spacial score (nSPS) is 15.4. The molecule has 0 fully saturated rings. The van der Waals surface area contributed by atoms with E-state index in [9.17, 15) is 4.79 Å². The number of furan rings is 1. The Bertz CT molecular complexity index is 748. The summed E-state index contributed by atoms with van der Waals surface area (Å²) >= 11 is 6.36. The lowest BCUT2D eigenvalue weighted by molar-refractivity contribution is -0.137. The van der Waals surface area contributed by atoms with Gasteiger partial charge in [0.1, 0.15) is 11.3 Å². The number of carbonyl (C=O) groups excluding carboxylic acids is 1. The zero-order valence-corrected chi connectivity index (χ0v) is 13.4. The maximum absolute atomic E-state index is 11.5. The zero-order chi connectivity index (χ0) is 15.7. The van der Waals surface area contributed by atoms with Crippen LogP contribution in [0.3, 0.4) is 0 Å². The average molecular weight is 320 g/mol. The number of ether oxygens (including phenoxy) is 1. The van der Waals surface area contributed by atoms with Gasteiger partial charge >= 0.3 is 5.97 Å². The van der Waals surface area contributed by atoms with Gasteiger partial charge in [-0.1, -0.05) is 11.6 Å². The summed E-state index contributed by atoms with van der Waals surface area (Å²) in [6.45, 7) is 3.85. The van der Waals surface area contributed by atoms with Crippen molar-refractivity contribution in [1.29, 1.82) is 0 Å². The molecule has 0 bridgehead atoms. The van der Waals surface area contributed by atoms with Crippen molar-refractivity contribution >= 4 is 34.6 Å². The monoisotopic (exact) mass is 319 g/mol. The second-order valence-corrected chi connectivity index (χ2v) is 5.82. The zero-order valence-electron chi connectivity index (χ0n) is 12.7. The predicted octanol–water partition coefficient (Wildman–Crippen LogP) is 3.65. The van der Waals surface area contributed by atoms with Gasteiger partial charge in [-0.05, 0) is 44.2 Å². The Morgan fingerprint density at radius 3 is 3.05 bits per heavy atom. The van der Waals surface area contributed by atoms with Gasteiger partial charge in [-0.15, -0.1) is 0 Å². The summed E-state index contributed by atoms with van der Waals surface area (Å²) in [7, 11) is 2.07. The minimum Gasteiger partial charge on any atom is -0.463 e. The standard InChI is InChI=1S/C17H18ClNO3/c1-3-21-16(20)7-6-14-12-10-19(2)9-8-11-13(18)4-5-15(22-14)17(11)12/h4-7H,3,8-10H2,1-2H3. The summed E-state index contributed by atoms with van der Waals surface area (Å²) in [6.07, 6.45) is 3.98. The van der Waals surface area contributed by atoms with Crippen LogP contribution in [-0.4, -0.2) is 31.1 Å². The molecule has 0 saturated carbocycles. The van der Waals surface area contributed by atoms with E-state index in [4.69, 9.17) is 20.8 Å². The fraction of sp³-hybridized carbons (Fsp3) is 0.353. The smallest absolute Gasteiger partial charge is 0.330 e. The molecule has 0 atom stereocenters. The molecule has 116 valence electrons. The molecule has 0 N–H and O–H groups in total. The maximum atomic E-state index is 11.5. The van der Waals surface area contributed by atoms with Crippen molar-refractivity contribution in [2.24, 2.45) is 0 Å². The SMILES string of the molecule is CCOC(=O)C=Cc1oc2ccc(Cl)c3c2c1CN(C)CC3. The first-order valence-corrected chi connectivity index (χ1v) is 7.74. The van der Waals surface area contributed by atoms with Crippen LogP contribution in [0.2, 0.25) is 5.02 Å². The van der Waals surface area contributed by atoms with E-state index in [2.05, 4.69) is 11.9 Å². The van der Waals surface area contributed by atoms with Crippen molar-refractivity contribution in [2.45, 2.75) is 19.9 Å². The lowest BCUT2D eigenvalue weighted by atomic mass is 10.0. The quantitative estimate of drug-likeness (QED) is 0.640. The van der Waals surface area contributed by atoms with E-state index in [1.54, 1.807) is 13.0 Å². The van der Waals surface area contributed by atoms with Crippen LogP contribution in [0.25, 0.3) is 17.0 Å². The minimum atomic E-state index is -0.365. The van der Waals surface area contributed by atoms with E-state index in [-0.39, 0.29) is 5.97 Å². The molecule has 1 aliphatic rings. The number of nitrogens with zero attached hydrogens (tertiary/aromatic N) is 1. The van der Waals surface area contributed by atoms with Gasteiger partial charge in [-0.3, -0.25) is 0 Å². The Labute approximate surface area is 134 Å². The fourth-order valence-electron chi connectivity index (χ4n) is 2.84. The third kappa shape index (κ3) is 2.76. The second kappa shape index (κ2) is 6.15. The van der Waals surface area contributed by atoms with Gasteiger partial charge in [-0.25, -0.2) is 4.79 Å². The molecule has 0 aliphatic carbocycles. The highest BCUT2D eigenvalue weighted by Gasteiger charge is 2.22. The average Bonchev–Trinajstić information content (AvgIpc) is 2.71. The van der Waals surface area contributed by atoms with Crippen LogP contribution in [0.1, 0.15) is 23.8 Å². The van der Waals surface area contributed by atoms with Gasteiger partial charge in [0.25, 0.3) is 0 Å². The molecule has 0 saturated heterocycles. The number of carbonyl (C=O) groups is 1. The van der Waals surface area contributed by atoms with Gasteiger partial charge < -0.3 is 14.1 Å². The molecule has 3 rings (SSSR count). The summed E-state index contributed by atoms with van der Waals surface area (Å²) in [6, 6.07) is 3.76. The van der Waals surface area contributed by atoms with Crippen LogP contribution < -0.4 is 0 Å². The first-order valence-electron chi connectivity index (χ1n) is 7.36. The molecular weight excluding hydrogens is 302 g/mol. The van der Waals surface area contributed by atoms with E-state index >= 15 is 0 Å². The lowest BCUT2D eigenvalue weighted by Crippen LogP contribution is -2.18. The molecule has 0 radical (unpaired) electrons. The van der Waals surface area contributed by atoms with Crippen molar-refractivity contribution in [3.63, 3.8) is 0 Å². The maximum Gasteiger partial charge on any atom is 0.330 e. The van der Waals surface area contributed by atoms with Crippen molar-refractivity contribution < 1.29 is 13.9 Å². The first-order chi connectivity index (χ1) is 10.6. The Morgan fingerprint density at radius 1 is 1.45 bits per heavy atom. The van der Waals surface area contributed by atoms with Crippen LogP contribution in [0.15, 0.2) is 22.6 Å². The number of hydrogen-bond acceptors (Lipinski definition) is 4. The minimum absolute atomic E-state index is 0.360. The number of likely N-dealkylation sites (N-methyl/N-ethyl adjacent to an activating group) is 1. The van der Waals surface area contributed by atoms with Crippen LogP contribution in [-0.2, 0) is 22.5 Å². The molecule has 2 heterocycles. The molecule has 2 aromatic rings. The van der Waals surface area contributed by atoms with Crippen molar-refractivity contribution in [1.82, 2.24) is 4.90 Å². The topological polar surface area (TPSA) is 42.7 Å². The van der Waals surface area contributed by atoms with Gasteiger partial charge in [-0.2, -0.15) is 0 Å². The number of esters is 1. The predicted molar refractivity (Wildman–Crippen MR) is 86.9 cm³/mol. The highest BCUT2D eigenvalue weighted by molar-refractivity contribution is 6.32. The summed E-state index contributed by atoms with van der Waals surface area (Å²) in [5, 5.41) is 1.85. The molecule has 5 heteroatoms. The third-order valence-electron chi connectivity index (χ3n) is 3.87. The third-order valence-corrected chi connectivity index (χ3v) is 4.22. The van der Waals surface area contributed by atoms with Gasteiger partial charge in [0.2, 0.25) is 0 Å². The molecular formula is C17H18ClNO3. The van der Waals surface area contributed by atoms with Crippen molar-refractivity contribution in [3.8, 4) is 0 Å². The molecule has 0 amide bonds. The van der Waals surface area contributed by atoms with Gasteiger partial charge in [0.15, 0.2) is 0 Å². The first kappa shape index (κ1) is 15.1. The molecule has 1 aliphatic heterocycles. The summed E-state index contributed by atoms with van der Waals surface area (Å²) in [5.41, 5.74) is 3.01. The summed E-state index contributed by atoms with van der Waals surface area (Å²) in [5.74, 6) is 0.329. The van der Waals surface area contributed by atoms with Crippen molar-refractivity contribution in [3.05, 3.63) is 40.1 Å². The van der Waals surface area contributed by atoms with Crippen molar-refractivity contribution in [2.75, 3.05) is 20.2 Å². The Hall–Kier alpha value is -1.78. The second-order valence-electron chi connectivity index (χ2n) is 5.42. The van der Waals surface area contributed by atoms with E-state index < -0.39 is 0 Å². The molecule has 1 aromatic heterocycles. The Kier molecular flexibility index (Phi) is 4.23. The molecule has 4 nitrogen and oxygen atoms in total. The van der Waals surface area contributed by atoms with Gasteiger partial charge in [0, 0.05) is 35.1 Å². The van der Waals surface area contributed by atoms with E-state index in [1.165, 1.54) is 6.08 Å². The van der Waals surface area contributed by atoms with E-state index in [1.807, 2.05) is 12.1 Å². The van der Waals surface area contributed by atoms with Crippen LogP contribution in [0, 0.1) is 0 Å². The molecule has 1 aromatic carbocycles. The highest BCUT2D eigenvalue weighted by Crippen LogP contribution is 2.36. The molecule has 0 spiro atoms. The fourth-order valence-corrected chi connectivity index (χ4v) is 3.09. The number of benzene rings is 1. The van der Waals surface area contributed by atoms with Gasteiger partial charge in [0.05, 0.1) is 6.61 Å². The number of rotatable bonds is 3. The number of halogens is 1. The summed E-state index contributed by atoms with van der Waals surface area (Å²) < 4.78 is 10.8. The van der Waals surface area contributed by atoms with Crippen LogP contribution in [0.4, 0.5) is 0 Å².